The number of rotatable bonds is 5. The molecule has 29 heavy (non-hydrogen) atoms. The lowest BCUT2D eigenvalue weighted by molar-refractivity contribution is -0.123. The molecule has 1 aliphatic heterocycles. The first-order valence-electron chi connectivity index (χ1n) is 9.92. The van der Waals surface area contributed by atoms with Gasteiger partial charge in [0.05, 0.1) is 5.69 Å². The number of pyridine rings is 1. The molecule has 0 bridgehead atoms. The summed E-state index contributed by atoms with van der Waals surface area (Å²) in [6, 6.07) is 7.37. The Hall–Kier alpha value is -2.75. The summed E-state index contributed by atoms with van der Waals surface area (Å²) in [5.41, 5.74) is -4.99. The zero-order valence-corrected chi connectivity index (χ0v) is 16.3. The number of nitrogens with zero attached hydrogens (tertiary/aromatic N) is 3. The number of carbonyl (C=O) groups is 2. The quantitative estimate of drug-likeness (QED) is 0.563. The molecule has 1 fully saturated rings. The van der Waals surface area contributed by atoms with Crippen LogP contribution < -0.4 is 10.2 Å². The monoisotopic (exact) mass is 427 g/mol. The summed E-state index contributed by atoms with van der Waals surface area (Å²) in [7, 11) is 0. The highest BCUT2D eigenvalue weighted by molar-refractivity contribution is 8.00. The SMILES string of the molecule is [2H]C([2H])([2H])Nc1cc(CN2C(=O)N(c3ccc(SC(F)(F)F)cc3)C(=O)C2(C)C)ccn1. The molecule has 1 N–H and O–H groups in total. The number of aromatic nitrogens is 1. The number of hydrogen-bond acceptors (Lipinski definition) is 5. The Morgan fingerprint density at radius 1 is 1.21 bits per heavy atom. The molecule has 0 unspecified atom stereocenters. The molecule has 10 heteroatoms. The zero-order chi connectivity index (χ0) is 23.9. The first-order valence-corrected chi connectivity index (χ1v) is 9.24. The molecule has 1 aromatic heterocycles. The van der Waals surface area contributed by atoms with Crippen molar-refractivity contribution >= 4 is 35.2 Å². The van der Waals surface area contributed by atoms with Crippen molar-refractivity contribution in [2.45, 2.75) is 36.3 Å². The molecule has 3 amide bonds. The summed E-state index contributed by atoms with van der Waals surface area (Å²) >= 11 is -0.290. The van der Waals surface area contributed by atoms with Crippen molar-refractivity contribution in [1.29, 1.82) is 0 Å². The molecule has 1 aromatic carbocycles. The number of halogens is 3. The summed E-state index contributed by atoms with van der Waals surface area (Å²) in [6.07, 6.45) is 1.38. The van der Waals surface area contributed by atoms with Crippen LogP contribution in [0.4, 0.5) is 29.5 Å². The Bertz CT molecular complexity index is 1030. The third-order valence-corrected chi connectivity index (χ3v) is 5.18. The van der Waals surface area contributed by atoms with Gasteiger partial charge in [-0.25, -0.2) is 14.7 Å². The Balaban J connectivity index is 1.83. The molecule has 1 saturated heterocycles. The second kappa shape index (κ2) is 7.58. The predicted octanol–water partition coefficient (Wildman–Crippen LogP) is 4.48. The summed E-state index contributed by atoms with van der Waals surface area (Å²) in [5.74, 6) is -0.443. The second-order valence-corrected chi connectivity index (χ2v) is 7.92. The van der Waals surface area contributed by atoms with Crippen molar-refractivity contribution in [2.24, 2.45) is 0 Å². The lowest BCUT2D eigenvalue weighted by Crippen LogP contribution is -2.43. The number of urea groups is 1. The van der Waals surface area contributed by atoms with E-state index in [9.17, 15) is 22.8 Å². The topological polar surface area (TPSA) is 65.5 Å². The third-order valence-electron chi connectivity index (χ3n) is 4.45. The van der Waals surface area contributed by atoms with Gasteiger partial charge in [-0.05, 0) is 67.6 Å². The number of thioether (sulfide) groups is 1. The molecule has 0 radical (unpaired) electrons. The fourth-order valence-corrected chi connectivity index (χ4v) is 3.49. The average Bonchev–Trinajstić information content (AvgIpc) is 2.80. The van der Waals surface area contributed by atoms with E-state index in [1.165, 1.54) is 41.4 Å². The molecule has 0 aliphatic carbocycles. The van der Waals surface area contributed by atoms with E-state index in [1.54, 1.807) is 19.9 Å². The molecule has 3 rings (SSSR count). The number of imide groups is 1. The highest BCUT2D eigenvalue weighted by atomic mass is 32.2. The Labute approximate surface area is 174 Å². The van der Waals surface area contributed by atoms with E-state index in [1.807, 2.05) is 0 Å². The van der Waals surface area contributed by atoms with Gasteiger partial charge in [0.25, 0.3) is 5.91 Å². The Kier molecular flexibility index (Phi) is 4.48. The van der Waals surface area contributed by atoms with Gasteiger partial charge in [0.2, 0.25) is 0 Å². The fraction of sp³-hybridized carbons (Fsp3) is 0.316. The normalized spacial score (nSPS) is 18.4. The number of amides is 3. The molecule has 2 aromatic rings. The van der Waals surface area contributed by atoms with Crippen LogP contribution in [0.25, 0.3) is 0 Å². The first-order chi connectivity index (χ1) is 14.7. The van der Waals surface area contributed by atoms with Gasteiger partial charge in [-0.1, -0.05) is 0 Å². The van der Waals surface area contributed by atoms with Gasteiger partial charge in [0.1, 0.15) is 11.4 Å². The maximum Gasteiger partial charge on any atom is 0.446 e. The van der Waals surface area contributed by atoms with Crippen LogP contribution in [0.1, 0.15) is 23.5 Å². The molecule has 6 nitrogen and oxygen atoms in total. The van der Waals surface area contributed by atoms with Crippen LogP contribution in [0, 0.1) is 0 Å². The van der Waals surface area contributed by atoms with Crippen molar-refractivity contribution < 1.29 is 26.9 Å². The smallest absolute Gasteiger partial charge is 0.373 e. The lowest BCUT2D eigenvalue weighted by atomic mass is 10.0. The third kappa shape index (κ3) is 4.31. The van der Waals surface area contributed by atoms with Crippen LogP contribution in [-0.2, 0) is 11.3 Å². The van der Waals surface area contributed by atoms with Crippen molar-refractivity contribution in [1.82, 2.24) is 9.88 Å². The van der Waals surface area contributed by atoms with Gasteiger partial charge < -0.3 is 10.2 Å². The van der Waals surface area contributed by atoms with Gasteiger partial charge in [-0.15, -0.1) is 0 Å². The van der Waals surface area contributed by atoms with Crippen molar-refractivity contribution in [2.75, 3.05) is 17.2 Å². The summed E-state index contributed by atoms with van der Waals surface area (Å²) in [6.45, 7) is 0.666. The van der Waals surface area contributed by atoms with Gasteiger partial charge in [0.15, 0.2) is 0 Å². The first kappa shape index (κ1) is 17.1. The zero-order valence-electron chi connectivity index (χ0n) is 18.4. The number of hydrogen-bond donors (Lipinski definition) is 1. The van der Waals surface area contributed by atoms with E-state index in [-0.39, 0.29) is 34.7 Å². The van der Waals surface area contributed by atoms with Crippen LogP contribution >= 0.6 is 11.8 Å². The molecule has 2 heterocycles. The molecule has 0 saturated carbocycles. The second-order valence-electron chi connectivity index (χ2n) is 6.78. The molecule has 1 aliphatic rings. The van der Waals surface area contributed by atoms with E-state index < -0.39 is 30.0 Å². The molecule has 0 atom stereocenters. The lowest BCUT2D eigenvalue weighted by Gasteiger charge is -2.27. The Morgan fingerprint density at radius 2 is 1.90 bits per heavy atom. The highest BCUT2D eigenvalue weighted by Gasteiger charge is 2.51. The van der Waals surface area contributed by atoms with E-state index in [0.717, 1.165) is 4.90 Å². The van der Waals surface area contributed by atoms with Gasteiger partial charge in [-0.3, -0.25) is 4.79 Å². The van der Waals surface area contributed by atoms with Gasteiger partial charge in [-0.2, -0.15) is 13.2 Å². The summed E-state index contributed by atoms with van der Waals surface area (Å²) < 4.78 is 59.4. The number of nitrogens with one attached hydrogen (secondary N) is 1. The van der Waals surface area contributed by atoms with Crippen LogP contribution in [0.5, 0.6) is 0 Å². The van der Waals surface area contributed by atoms with Crippen LogP contribution in [0.15, 0.2) is 47.5 Å². The van der Waals surface area contributed by atoms with E-state index in [4.69, 9.17) is 4.11 Å². The largest absolute Gasteiger partial charge is 0.446 e. The van der Waals surface area contributed by atoms with Gasteiger partial charge in [0, 0.05) is 28.7 Å². The number of benzene rings is 1. The maximum absolute atomic E-state index is 13.1. The minimum absolute atomic E-state index is 0.00567. The van der Waals surface area contributed by atoms with Gasteiger partial charge >= 0.3 is 11.5 Å². The summed E-state index contributed by atoms with van der Waals surface area (Å²) in [5, 5.41) is 2.27. The number of anilines is 2. The van der Waals surface area contributed by atoms with Crippen LogP contribution in [-0.4, -0.2) is 39.8 Å². The van der Waals surface area contributed by atoms with E-state index in [2.05, 4.69) is 10.3 Å². The minimum atomic E-state index is -4.45. The maximum atomic E-state index is 13.1. The number of alkyl halides is 3. The van der Waals surface area contributed by atoms with Crippen LogP contribution in [0.3, 0.4) is 0 Å². The highest BCUT2D eigenvalue weighted by Crippen LogP contribution is 2.38. The fourth-order valence-electron chi connectivity index (χ4n) is 2.95. The van der Waals surface area contributed by atoms with Crippen molar-refractivity contribution in [3.05, 3.63) is 48.2 Å². The Morgan fingerprint density at radius 3 is 2.52 bits per heavy atom. The average molecular weight is 427 g/mol. The number of carbonyl (C=O) groups excluding carboxylic acids is 2. The van der Waals surface area contributed by atoms with E-state index >= 15 is 0 Å². The molecular formula is C19H19F3N4O2S. The minimum Gasteiger partial charge on any atom is -0.373 e. The van der Waals surface area contributed by atoms with E-state index in [0.29, 0.717) is 5.56 Å². The molecule has 0 spiro atoms. The predicted molar refractivity (Wildman–Crippen MR) is 105 cm³/mol. The summed E-state index contributed by atoms with van der Waals surface area (Å²) in [4.78, 5) is 32.2. The molecular weight excluding hydrogens is 405 g/mol. The standard InChI is InChI=1S/C19H19F3N4O2S/c1-18(2)16(27)26(13-4-6-14(7-5-13)29-19(20,21)22)17(28)25(18)11-12-8-9-24-15(10-12)23-3/h4-10H,11H2,1-3H3,(H,23,24)/i3D3. The van der Waals surface area contributed by atoms with Crippen molar-refractivity contribution in [3.63, 3.8) is 0 Å². The van der Waals surface area contributed by atoms with Crippen molar-refractivity contribution in [3.8, 4) is 0 Å². The van der Waals surface area contributed by atoms with Crippen LogP contribution in [0.2, 0.25) is 0 Å². The molecule has 154 valence electrons.